The summed E-state index contributed by atoms with van der Waals surface area (Å²) in [5.74, 6) is 1.17. The van der Waals surface area contributed by atoms with Crippen LogP contribution in [0, 0.1) is 6.92 Å². The zero-order valence-electron chi connectivity index (χ0n) is 22.0. The zero-order chi connectivity index (χ0) is 26.2. The zero-order valence-corrected chi connectivity index (χ0v) is 22.8. The van der Waals surface area contributed by atoms with E-state index < -0.39 is 11.2 Å². The Labute approximate surface area is 222 Å². The second-order valence-corrected chi connectivity index (χ2v) is 12.2. The Balaban J connectivity index is 1.31. The average molecular weight is 522 g/mol. The number of amides is 1. The molecule has 1 amide bonds. The van der Waals surface area contributed by atoms with Crippen molar-refractivity contribution in [3.05, 3.63) is 52.9 Å². The predicted molar refractivity (Wildman–Crippen MR) is 145 cm³/mol. The number of ether oxygens (including phenoxy) is 1. The van der Waals surface area contributed by atoms with Crippen LogP contribution in [-0.2, 0) is 10.3 Å². The normalized spacial score (nSPS) is 20.4. The van der Waals surface area contributed by atoms with E-state index in [4.69, 9.17) is 4.74 Å². The third-order valence-electron chi connectivity index (χ3n) is 6.66. The maximum atomic E-state index is 12.5. The molecule has 3 aromatic rings. The molecule has 2 aliphatic rings. The van der Waals surface area contributed by atoms with Crippen LogP contribution in [0.2, 0.25) is 0 Å². The quantitative estimate of drug-likeness (QED) is 0.416. The van der Waals surface area contributed by atoms with Gasteiger partial charge in [0.05, 0.1) is 4.88 Å². The summed E-state index contributed by atoms with van der Waals surface area (Å²) >= 11 is 1.50. The van der Waals surface area contributed by atoms with E-state index in [1.807, 2.05) is 39.2 Å². The average Bonchev–Trinajstić information content (AvgIpc) is 3.59. The highest BCUT2D eigenvalue weighted by molar-refractivity contribution is 7.15. The number of carbonyl (C=O) groups is 1. The number of thiazole rings is 1. The standard InChI is InChI=1S/C28H35N5O3S/c1-18-14-20(16-21(15-18)31-25-29-11-8-22(32-25)19-6-7-19)23-17-30-24(37-23)28(35)9-5-12-33(13-10-28)26(34)36-27(2,3)4/h8,11,14-17,19,35H,5-7,9-10,12-13H2,1-4H3,(H,29,31,32)/t28-/m1/s1. The molecule has 1 atom stereocenters. The minimum absolute atomic E-state index is 0.331. The smallest absolute Gasteiger partial charge is 0.410 e. The van der Waals surface area contributed by atoms with E-state index in [0.29, 0.717) is 49.2 Å². The topological polar surface area (TPSA) is 100 Å². The number of benzene rings is 1. The van der Waals surface area contributed by atoms with E-state index in [2.05, 4.69) is 45.4 Å². The van der Waals surface area contributed by atoms with E-state index in [1.54, 1.807) is 4.90 Å². The number of likely N-dealkylation sites (tertiary alicyclic amines) is 1. The van der Waals surface area contributed by atoms with Crippen LogP contribution >= 0.6 is 11.3 Å². The lowest BCUT2D eigenvalue weighted by molar-refractivity contribution is 0.0127. The van der Waals surface area contributed by atoms with Crippen LogP contribution in [0.3, 0.4) is 0 Å². The largest absolute Gasteiger partial charge is 0.444 e. The van der Waals surface area contributed by atoms with Gasteiger partial charge in [-0.15, -0.1) is 11.3 Å². The highest BCUT2D eigenvalue weighted by Crippen LogP contribution is 2.40. The van der Waals surface area contributed by atoms with Gasteiger partial charge in [0.1, 0.15) is 16.2 Å². The van der Waals surface area contributed by atoms with Crippen molar-refractivity contribution in [2.24, 2.45) is 0 Å². The molecule has 196 valence electrons. The molecule has 2 N–H and O–H groups in total. The third kappa shape index (κ3) is 6.27. The fraction of sp³-hybridized carbons (Fsp3) is 0.500. The van der Waals surface area contributed by atoms with E-state index >= 15 is 0 Å². The van der Waals surface area contributed by atoms with Gasteiger partial charge in [-0.05, 0) is 82.7 Å². The van der Waals surface area contributed by atoms with Gasteiger partial charge in [0, 0.05) is 49.2 Å². The molecule has 9 heteroatoms. The molecule has 1 saturated heterocycles. The highest BCUT2D eigenvalue weighted by Gasteiger charge is 2.37. The molecular weight excluding hydrogens is 486 g/mol. The van der Waals surface area contributed by atoms with Crippen molar-refractivity contribution in [3.8, 4) is 10.4 Å². The molecule has 3 heterocycles. The van der Waals surface area contributed by atoms with Gasteiger partial charge in [-0.3, -0.25) is 0 Å². The lowest BCUT2D eigenvalue weighted by atomic mass is 9.96. The predicted octanol–water partition coefficient (Wildman–Crippen LogP) is 6.14. The summed E-state index contributed by atoms with van der Waals surface area (Å²) in [6.07, 6.45) is 7.37. The molecule has 1 aliphatic carbocycles. The van der Waals surface area contributed by atoms with Crippen LogP contribution in [0.5, 0.6) is 0 Å². The van der Waals surface area contributed by atoms with Crippen molar-refractivity contribution in [3.63, 3.8) is 0 Å². The summed E-state index contributed by atoms with van der Waals surface area (Å²) in [7, 11) is 0. The Hall–Kier alpha value is -3.04. The Kier molecular flexibility index (Phi) is 6.93. The van der Waals surface area contributed by atoms with Gasteiger partial charge in [0.15, 0.2) is 0 Å². The maximum absolute atomic E-state index is 12.5. The Morgan fingerprint density at radius 3 is 2.76 bits per heavy atom. The van der Waals surface area contributed by atoms with Crippen LogP contribution in [0.1, 0.15) is 75.1 Å². The van der Waals surface area contributed by atoms with Crippen LogP contribution in [0.15, 0.2) is 36.7 Å². The van der Waals surface area contributed by atoms with E-state index in [1.165, 1.54) is 24.2 Å². The van der Waals surface area contributed by atoms with E-state index in [0.717, 1.165) is 27.4 Å². The molecule has 2 fully saturated rings. The van der Waals surface area contributed by atoms with Gasteiger partial charge in [-0.25, -0.2) is 19.7 Å². The molecule has 2 aromatic heterocycles. The van der Waals surface area contributed by atoms with Crippen molar-refractivity contribution in [2.75, 3.05) is 18.4 Å². The van der Waals surface area contributed by atoms with Gasteiger partial charge >= 0.3 is 6.09 Å². The monoisotopic (exact) mass is 521 g/mol. The first kappa shape index (κ1) is 25.6. The van der Waals surface area contributed by atoms with E-state index in [-0.39, 0.29) is 6.09 Å². The number of hydrogen-bond acceptors (Lipinski definition) is 8. The first-order valence-corrected chi connectivity index (χ1v) is 13.8. The van der Waals surface area contributed by atoms with Gasteiger partial charge in [-0.1, -0.05) is 6.07 Å². The highest BCUT2D eigenvalue weighted by atomic mass is 32.1. The van der Waals surface area contributed by atoms with Gasteiger partial charge in [0.2, 0.25) is 5.95 Å². The summed E-state index contributed by atoms with van der Waals surface area (Å²) in [5.41, 5.74) is 2.53. The molecule has 5 rings (SSSR count). The van der Waals surface area contributed by atoms with Crippen molar-refractivity contribution >= 4 is 29.1 Å². The van der Waals surface area contributed by atoms with Crippen LogP contribution in [-0.4, -0.2) is 49.7 Å². The number of hydrogen-bond donors (Lipinski definition) is 2. The van der Waals surface area contributed by atoms with Crippen LogP contribution in [0.4, 0.5) is 16.4 Å². The summed E-state index contributed by atoms with van der Waals surface area (Å²) in [5, 5.41) is 15.6. The number of carbonyl (C=O) groups excluding carboxylic acids is 1. The van der Waals surface area contributed by atoms with E-state index in [9.17, 15) is 9.90 Å². The first-order chi connectivity index (χ1) is 17.6. The molecule has 1 aliphatic heterocycles. The second kappa shape index (κ2) is 10.0. The lowest BCUT2D eigenvalue weighted by Crippen LogP contribution is -2.38. The van der Waals surface area contributed by atoms with Crippen molar-refractivity contribution < 1.29 is 14.6 Å². The number of nitrogens with zero attached hydrogens (tertiary/aromatic N) is 4. The lowest BCUT2D eigenvalue weighted by Gasteiger charge is -2.27. The fourth-order valence-electron chi connectivity index (χ4n) is 4.63. The molecular formula is C28H35N5O3S. The van der Waals surface area contributed by atoms with Crippen molar-refractivity contribution in [1.82, 2.24) is 19.9 Å². The minimum atomic E-state index is -1.07. The van der Waals surface area contributed by atoms with Gasteiger partial charge in [0.25, 0.3) is 0 Å². The summed E-state index contributed by atoms with van der Waals surface area (Å²) in [6.45, 7) is 8.63. The number of anilines is 2. The minimum Gasteiger partial charge on any atom is -0.444 e. The molecule has 8 nitrogen and oxygen atoms in total. The summed E-state index contributed by atoms with van der Waals surface area (Å²) < 4.78 is 5.53. The van der Waals surface area contributed by atoms with Crippen molar-refractivity contribution in [1.29, 1.82) is 0 Å². The number of rotatable bonds is 5. The van der Waals surface area contributed by atoms with Gasteiger partial charge < -0.3 is 20.1 Å². The molecule has 1 saturated carbocycles. The molecule has 0 spiro atoms. The molecule has 0 unspecified atom stereocenters. The Morgan fingerprint density at radius 2 is 2.00 bits per heavy atom. The van der Waals surface area contributed by atoms with Crippen molar-refractivity contribution in [2.45, 2.75) is 76.9 Å². The second-order valence-electron chi connectivity index (χ2n) is 11.2. The maximum Gasteiger partial charge on any atom is 0.410 e. The molecule has 1 aromatic carbocycles. The van der Waals surface area contributed by atoms with Crippen LogP contribution in [0.25, 0.3) is 10.4 Å². The summed E-state index contributed by atoms with van der Waals surface area (Å²) in [4.78, 5) is 28.9. The number of nitrogens with one attached hydrogen (secondary N) is 1. The molecule has 37 heavy (non-hydrogen) atoms. The third-order valence-corrected chi connectivity index (χ3v) is 7.90. The number of aryl methyl sites for hydroxylation is 1. The molecule has 0 bridgehead atoms. The van der Waals surface area contributed by atoms with Crippen LogP contribution < -0.4 is 5.32 Å². The Bertz CT molecular complexity index is 1280. The summed E-state index contributed by atoms with van der Waals surface area (Å²) in [6, 6.07) is 8.25. The number of aliphatic hydroxyl groups is 1. The number of aromatic nitrogens is 3. The fourth-order valence-corrected chi connectivity index (χ4v) is 5.68. The SMILES string of the molecule is Cc1cc(Nc2nccc(C3CC3)n2)cc(-c2cnc([C@@]3(O)CCCN(C(=O)OC(C)(C)C)CC3)s2)c1. The molecule has 0 radical (unpaired) electrons. The Morgan fingerprint density at radius 1 is 1.19 bits per heavy atom. The van der Waals surface area contributed by atoms with Gasteiger partial charge in [-0.2, -0.15) is 0 Å². The first-order valence-electron chi connectivity index (χ1n) is 13.0.